The minimum atomic E-state index is 0.371. The Kier molecular flexibility index (Phi) is 4.50. The Hall–Kier alpha value is -0.890. The van der Waals surface area contributed by atoms with E-state index in [1.54, 1.807) is 19.3 Å². The van der Waals surface area contributed by atoms with Crippen molar-refractivity contribution in [1.29, 1.82) is 5.41 Å². The summed E-state index contributed by atoms with van der Waals surface area (Å²) in [5.41, 5.74) is 1.40. The van der Waals surface area contributed by atoms with Crippen LogP contribution in [0, 0.1) is 5.41 Å². The molecule has 2 heteroatoms. The Balaban J connectivity index is 3.93. The van der Waals surface area contributed by atoms with Crippen LogP contribution in [0.2, 0.25) is 0 Å². The molecular formula is C8H13NO. The molecule has 0 aromatic carbocycles. The molecule has 0 amide bonds. The molecule has 0 heterocycles. The van der Waals surface area contributed by atoms with Gasteiger partial charge < -0.3 is 10.1 Å². The summed E-state index contributed by atoms with van der Waals surface area (Å²) >= 11 is 0. The van der Waals surface area contributed by atoms with Crippen molar-refractivity contribution in [3.63, 3.8) is 0 Å². The van der Waals surface area contributed by atoms with Crippen LogP contribution in [0.3, 0.4) is 0 Å². The number of hydrogen-bond acceptors (Lipinski definition) is 2. The first-order chi connectivity index (χ1) is 4.72. The van der Waals surface area contributed by atoms with E-state index in [4.69, 9.17) is 10.1 Å². The second-order valence-electron chi connectivity index (χ2n) is 2.00. The number of methoxy groups -OCH3 is 1. The summed E-state index contributed by atoms with van der Waals surface area (Å²) < 4.78 is 4.77. The average molecular weight is 139 g/mol. The maximum atomic E-state index is 7.36. The van der Waals surface area contributed by atoms with Gasteiger partial charge in [-0.05, 0) is 12.5 Å². The summed E-state index contributed by atoms with van der Waals surface area (Å²) in [7, 11) is 1.58. The Bertz CT molecular complexity index is 159. The summed E-state index contributed by atoms with van der Waals surface area (Å²) in [6.45, 7) is 5.76. The first-order valence-electron chi connectivity index (χ1n) is 3.08. The van der Waals surface area contributed by atoms with Crippen molar-refractivity contribution in [3.8, 4) is 0 Å². The lowest BCUT2D eigenvalue weighted by Gasteiger charge is -1.99. The number of hydrogen-bond donors (Lipinski definition) is 1. The maximum absolute atomic E-state index is 7.36. The number of nitrogens with one attached hydrogen (secondary N) is 1. The predicted molar refractivity (Wildman–Crippen MR) is 43.6 cm³/mol. The predicted octanol–water partition coefficient (Wildman–Crippen LogP) is 1.78. The highest BCUT2D eigenvalue weighted by molar-refractivity contribution is 5.98. The zero-order chi connectivity index (χ0) is 7.98. The summed E-state index contributed by atoms with van der Waals surface area (Å²) in [4.78, 5) is 0. The van der Waals surface area contributed by atoms with Crippen LogP contribution in [0.15, 0.2) is 24.3 Å². The second-order valence-corrected chi connectivity index (χ2v) is 2.00. The Labute approximate surface area is 61.7 Å². The first kappa shape index (κ1) is 9.11. The zero-order valence-electron chi connectivity index (χ0n) is 6.48. The van der Waals surface area contributed by atoms with Gasteiger partial charge in [0.25, 0.3) is 0 Å². The van der Waals surface area contributed by atoms with Crippen LogP contribution in [0.4, 0.5) is 0 Å². The first-order valence-corrected chi connectivity index (χ1v) is 3.08. The minimum absolute atomic E-state index is 0.371. The molecule has 0 fully saturated rings. The van der Waals surface area contributed by atoms with Crippen molar-refractivity contribution >= 4 is 5.71 Å². The molecule has 0 saturated carbocycles. The third-order valence-electron chi connectivity index (χ3n) is 1.13. The Morgan fingerprint density at radius 3 is 2.70 bits per heavy atom. The lowest BCUT2D eigenvalue weighted by Crippen LogP contribution is -2.05. The van der Waals surface area contributed by atoms with Crippen LogP contribution < -0.4 is 0 Å². The van der Waals surface area contributed by atoms with E-state index in [1.807, 2.05) is 6.92 Å². The van der Waals surface area contributed by atoms with Gasteiger partial charge in [-0.15, -0.1) is 0 Å². The normalized spacial score (nSPS) is 11.2. The molecule has 0 unspecified atom stereocenters. The molecule has 10 heavy (non-hydrogen) atoms. The van der Waals surface area contributed by atoms with Crippen LogP contribution in [-0.2, 0) is 4.74 Å². The second kappa shape index (κ2) is 4.94. The van der Waals surface area contributed by atoms with E-state index in [1.165, 1.54) is 0 Å². The molecule has 0 bridgehead atoms. The molecule has 2 nitrogen and oxygen atoms in total. The molecule has 0 radical (unpaired) electrons. The summed E-state index contributed by atoms with van der Waals surface area (Å²) in [6, 6.07) is 0. The molecular weight excluding hydrogens is 126 g/mol. The summed E-state index contributed by atoms with van der Waals surface area (Å²) in [6.07, 6.45) is 3.46. The third-order valence-corrected chi connectivity index (χ3v) is 1.13. The Morgan fingerprint density at radius 1 is 1.70 bits per heavy atom. The molecule has 0 aliphatic heterocycles. The van der Waals surface area contributed by atoms with Crippen LogP contribution in [0.25, 0.3) is 0 Å². The van der Waals surface area contributed by atoms with Crippen LogP contribution in [-0.4, -0.2) is 19.4 Å². The van der Waals surface area contributed by atoms with Gasteiger partial charge in [0, 0.05) is 7.11 Å². The molecule has 0 spiro atoms. The smallest absolute Gasteiger partial charge is 0.0879 e. The number of allylic oxidation sites excluding steroid dienone is 2. The fourth-order valence-corrected chi connectivity index (χ4v) is 0.536. The number of rotatable bonds is 4. The average Bonchev–Trinajstić information content (AvgIpc) is 1.89. The summed E-state index contributed by atoms with van der Waals surface area (Å²) in [5.74, 6) is 0. The van der Waals surface area contributed by atoms with Gasteiger partial charge in [0.15, 0.2) is 0 Å². The van der Waals surface area contributed by atoms with Crippen LogP contribution in [0.5, 0.6) is 0 Å². The van der Waals surface area contributed by atoms with Crippen LogP contribution >= 0.6 is 0 Å². The van der Waals surface area contributed by atoms with Gasteiger partial charge in [-0.2, -0.15) is 0 Å². The van der Waals surface area contributed by atoms with Crippen molar-refractivity contribution in [2.75, 3.05) is 13.7 Å². The van der Waals surface area contributed by atoms with Crippen molar-refractivity contribution in [2.45, 2.75) is 6.92 Å². The number of ether oxygens (including phenoxy) is 1. The van der Waals surface area contributed by atoms with Gasteiger partial charge >= 0.3 is 0 Å². The lowest BCUT2D eigenvalue weighted by molar-refractivity contribution is 0.245. The van der Waals surface area contributed by atoms with Gasteiger partial charge in [0.2, 0.25) is 0 Å². The minimum Gasteiger partial charge on any atom is -0.378 e. The SMILES string of the molecule is C=C/C=C(\C)C(=N)COC. The molecule has 0 aliphatic carbocycles. The molecule has 1 N–H and O–H groups in total. The highest BCUT2D eigenvalue weighted by atomic mass is 16.5. The maximum Gasteiger partial charge on any atom is 0.0879 e. The van der Waals surface area contributed by atoms with E-state index in [2.05, 4.69) is 6.58 Å². The van der Waals surface area contributed by atoms with E-state index in [0.717, 1.165) is 5.57 Å². The highest BCUT2D eigenvalue weighted by Crippen LogP contribution is 1.94. The van der Waals surface area contributed by atoms with E-state index in [0.29, 0.717) is 12.3 Å². The van der Waals surface area contributed by atoms with Crippen molar-refractivity contribution < 1.29 is 4.74 Å². The Morgan fingerprint density at radius 2 is 2.30 bits per heavy atom. The molecule has 0 aliphatic rings. The topological polar surface area (TPSA) is 33.1 Å². The van der Waals surface area contributed by atoms with Gasteiger partial charge in [0.1, 0.15) is 0 Å². The van der Waals surface area contributed by atoms with Gasteiger partial charge in [-0.1, -0.05) is 18.7 Å². The fraction of sp³-hybridized carbons (Fsp3) is 0.375. The van der Waals surface area contributed by atoms with E-state index >= 15 is 0 Å². The van der Waals surface area contributed by atoms with Gasteiger partial charge in [-0.3, -0.25) is 0 Å². The largest absolute Gasteiger partial charge is 0.378 e. The van der Waals surface area contributed by atoms with E-state index in [-0.39, 0.29) is 0 Å². The van der Waals surface area contributed by atoms with Gasteiger partial charge in [0.05, 0.1) is 12.3 Å². The van der Waals surface area contributed by atoms with Crippen molar-refractivity contribution in [1.82, 2.24) is 0 Å². The zero-order valence-corrected chi connectivity index (χ0v) is 6.48. The van der Waals surface area contributed by atoms with Crippen molar-refractivity contribution in [2.24, 2.45) is 0 Å². The molecule has 0 saturated heterocycles. The quantitative estimate of drug-likeness (QED) is 0.467. The van der Waals surface area contributed by atoms with Gasteiger partial charge in [-0.25, -0.2) is 0 Å². The van der Waals surface area contributed by atoms with E-state index < -0.39 is 0 Å². The molecule has 56 valence electrons. The summed E-state index contributed by atoms with van der Waals surface area (Å²) in [5, 5.41) is 7.36. The standard InChI is InChI=1S/C8H13NO/c1-4-5-7(2)8(9)6-10-3/h4-5,9H,1,6H2,2-3H3/b7-5+,9-8?. The third kappa shape index (κ3) is 3.20. The van der Waals surface area contributed by atoms with Crippen LogP contribution in [0.1, 0.15) is 6.92 Å². The molecule has 0 rings (SSSR count). The monoisotopic (exact) mass is 139 g/mol. The highest BCUT2D eigenvalue weighted by Gasteiger charge is 1.95. The molecule has 0 aromatic rings. The van der Waals surface area contributed by atoms with E-state index in [9.17, 15) is 0 Å². The van der Waals surface area contributed by atoms with Crippen molar-refractivity contribution in [3.05, 3.63) is 24.3 Å². The molecule has 0 aromatic heterocycles. The fourth-order valence-electron chi connectivity index (χ4n) is 0.536. The lowest BCUT2D eigenvalue weighted by atomic mass is 10.2. The molecule has 0 atom stereocenters.